The average molecular weight is 312 g/mol. The van der Waals surface area contributed by atoms with E-state index in [1.165, 1.54) is 10.9 Å². The highest BCUT2D eigenvalue weighted by Gasteiger charge is 2.07. The Balaban J connectivity index is 1.67. The van der Waals surface area contributed by atoms with Gasteiger partial charge in [-0.15, -0.1) is 0 Å². The molecule has 22 heavy (non-hydrogen) atoms. The number of rotatable bonds is 5. The van der Waals surface area contributed by atoms with Gasteiger partial charge in [0.25, 0.3) is 0 Å². The number of aliphatic hydroxyl groups is 1. The zero-order valence-corrected chi connectivity index (χ0v) is 12.9. The third kappa shape index (κ3) is 3.47. The van der Waals surface area contributed by atoms with Crippen LogP contribution in [-0.2, 0) is 6.54 Å². The second kappa shape index (κ2) is 6.93. The number of fused-ring (bicyclic) bond motifs is 1. The average Bonchev–Trinajstić information content (AvgIpc) is 2.55. The predicted octanol–water partition coefficient (Wildman–Crippen LogP) is 4.32. The minimum absolute atomic E-state index is 0.495. The second-order valence-corrected chi connectivity index (χ2v) is 5.78. The molecule has 0 aliphatic heterocycles. The first-order valence-electron chi connectivity index (χ1n) is 7.35. The highest BCUT2D eigenvalue weighted by atomic mass is 35.5. The van der Waals surface area contributed by atoms with Gasteiger partial charge < -0.3 is 10.4 Å². The van der Waals surface area contributed by atoms with Crippen LogP contribution in [-0.4, -0.2) is 11.7 Å². The smallest absolute Gasteiger partial charge is 0.0914 e. The van der Waals surface area contributed by atoms with Crippen molar-refractivity contribution in [1.82, 2.24) is 5.32 Å². The topological polar surface area (TPSA) is 32.3 Å². The van der Waals surface area contributed by atoms with Gasteiger partial charge in [0.05, 0.1) is 6.10 Å². The van der Waals surface area contributed by atoms with E-state index in [1.807, 2.05) is 54.6 Å². The molecule has 0 unspecified atom stereocenters. The van der Waals surface area contributed by atoms with Crippen molar-refractivity contribution in [3.63, 3.8) is 0 Å². The van der Waals surface area contributed by atoms with E-state index in [9.17, 15) is 5.11 Å². The molecule has 0 spiro atoms. The van der Waals surface area contributed by atoms with E-state index in [2.05, 4.69) is 17.4 Å². The molecule has 3 rings (SSSR count). The van der Waals surface area contributed by atoms with Crippen molar-refractivity contribution in [3.8, 4) is 0 Å². The molecule has 3 aromatic rings. The van der Waals surface area contributed by atoms with Gasteiger partial charge in [-0.1, -0.05) is 66.2 Å². The molecule has 2 nitrogen and oxygen atoms in total. The van der Waals surface area contributed by atoms with Crippen LogP contribution in [0.4, 0.5) is 0 Å². The molecule has 0 aliphatic carbocycles. The molecule has 2 N–H and O–H groups in total. The zero-order chi connectivity index (χ0) is 15.4. The fraction of sp³-hybridized carbons (Fsp3) is 0.158. The highest BCUT2D eigenvalue weighted by Crippen LogP contribution is 2.22. The lowest BCUT2D eigenvalue weighted by atomic mass is 10.0. The number of benzene rings is 3. The van der Waals surface area contributed by atoms with E-state index in [0.717, 1.165) is 16.0 Å². The maximum Gasteiger partial charge on any atom is 0.0914 e. The normalized spacial score (nSPS) is 12.5. The van der Waals surface area contributed by atoms with Gasteiger partial charge in [0, 0.05) is 18.1 Å². The lowest BCUT2D eigenvalue weighted by Gasteiger charge is -2.13. The number of halogens is 1. The summed E-state index contributed by atoms with van der Waals surface area (Å²) in [5.41, 5.74) is 2.13. The lowest BCUT2D eigenvalue weighted by molar-refractivity contribution is 0.174. The molecule has 3 aromatic carbocycles. The summed E-state index contributed by atoms with van der Waals surface area (Å²) in [4.78, 5) is 0. The number of hydrogen-bond acceptors (Lipinski definition) is 2. The van der Waals surface area contributed by atoms with Gasteiger partial charge >= 0.3 is 0 Å². The molecule has 3 heteroatoms. The summed E-state index contributed by atoms with van der Waals surface area (Å²) in [5.74, 6) is 0. The second-order valence-electron chi connectivity index (χ2n) is 5.34. The number of nitrogens with one attached hydrogen (secondary N) is 1. The summed E-state index contributed by atoms with van der Waals surface area (Å²) < 4.78 is 0. The third-order valence-corrected chi connectivity index (χ3v) is 4.01. The molecule has 0 radical (unpaired) electrons. The minimum Gasteiger partial charge on any atom is -0.387 e. The Kier molecular flexibility index (Phi) is 4.74. The third-order valence-electron chi connectivity index (χ3n) is 3.77. The summed E-state index contributed by atoms with van der Waals surface area (Å²) >= 11 is 6.04. The molecule has 0 fully saturated rings. The van der Waals surface area contributed by atoms with E-state index >= 15 is 0 Å². The van der Waals surface area contributed by atoms with Gasteiger partial charge in [0.15, 0.2) is 0 Å². The largest absolute Gasteiger partial charge is 0.387 e. The maximum atomic E-state index is 10.2. The van der Waals surface area contributed by atoms with E-state index in [1.54, 1.807) is 0 Å². The molecule has 0 saturated heterocycles. The van der Waals surface area contributed by atoms with E-state index in [4.69, 9.17) is 11.6 Å². The van der Waals surface area contributed by atoms with Crippen molar-refractivity contribution in [2.75, 3.05) is 6.54 Å². The molecule has 112 valence electrons. The molecule has 0 saturated carbocycles. The summed E-state index contributed by atoms with van der Waals surface area (Å²) in [6.45, 7) is 1.23. The predicted molar refractivity (Wildman–Crippen MR) is 92.1 cm³/mol. The van der Waals surface area contributed by atoms with Gasteiger partial charge in [-0.3, -0.25) is 0 Å². The summed E-state index contributed by atoms with van der Waals surface area (Å²) in [6, 6.07) is 21.8. The van der Waals surface area contributed by atoms with Gasteiger partial charge in [0.1, 0.15) is 0 Å². The molecule has 1 atom stereocenters. The zero-order valence-electron chi connectivity index (χ0n) is 12.2. The molecule has 0 amide bonds. The number of aliphatic hydroxyl groups excluding tert-OH is 1. The quantitative estimate of drug-likeness (QED) is 0.735. The Morgan fingerprint density at radius 1 is 0.955 bits per heavy atom. The van der Waals surface area contributed by atoms with Crippen molar-refractivity contribution in [2.45, 2.75) is 12.6 Å². The van der Waals surface area contributed by atoms with E-state index < -0.39 is 6.10 Å². The minimum atomic E-state index is -0.495. The number of hydrogen-bond donors (Lipinski definition) is 2. The Morgan fingerprint density at radius 3 is 2.59 bits per heavy atom. The Labute approximate surface area is 135 Å². The monoisotopic (exact) mass is 311 g/mol. The van der Waals surface area contributed by atoms with Gasteiger partial charge in [0.2, 0.25) is 0 Å². The molecular weight excluding hydrogens is 294 g/mol. The Morgan fingerprint density at radius 2 is 1.77 bits per heavy atom. The Hall–Kier alpha value is -1.87. The first kappa shape index (κ1) is 15.0. The fourth-order valence-corrected chi connectivity index (χ4v) is 2.79. The summed E-state index contributed by atoms with van der Waals surface area (Å²) in [5, 5.41) is 16.6. The highest BCUT2D eigenvalue weighted by molar-refractivity contribution is 6.31. The standard InChI is InChI=1S/C19H18ClNO/c20-17-9-10-18-15(11-17)7-4-8-16(18)12-21-13-19(22)14-5-2-1-3-6-14/h1-11,19,21-22H,12-13H2/t19-/m0/s1. The Bertz CT molecular complexity index is 758. The molecule has 0 aromatic heterocycles. The van der Waals surface area contributed by atoms with Gasteiger partial charge in [-0.25, -0.2) is 0 Å². The van der Waals surface area contributed by atoms with Crippen molar-refractivity contribution >= 4 is 22.4 Å². The first-order valence-corrected chi connectivity index (χ1v) is 7.73. The summed E-state index contributed by atoms with van der Waals surface area (Å²) in [6.07, 6.45) is -0.495. The van der Waals surface area contributed by atoms with E-state index in [-0.39, 0.29) is 0 Å². The van der Waals surface area contributed by atoms with Crippen LogP contribution in [0.15, 0.2) is 66.7 Å². The molecular formula is C19H18ClNO. The molecule has 0 aliphatic rings. The van der Waals surface area contributed by atoms with Crippen LogP contribution in [0.3, 0.4) is 0 Å². The van der Waals surface area contributed by atoms with Crippen molar-refractivity contribution < 1.29 is 5.11 Å². The van der Waals surface area contributed by atoms with Crippen LogP contribution in [0.1, 0.15) is 17.2 Å². The van der Waals surface area contributed by atoms with Crippen LogP contribution < -0.4 is 5.32 Å². The van der Waals surface area contributed by atoms with Gasteiger partial charge in [-0.2, -0.15) is 0 Å². The van der Waals surface area contributed by atoms with Crippen LogP contribution >= 0.6 is 11.6 Å². The first-order chi connectivity index (χ1) is 10.7. The maximum absolute atomic E-state index is 10.2. The lowest BCUT2D eigenvalue weighted by Crippen LogP contribution is -2.21. The fourth-order valence-electron chi connectivity index (χ4n) is 2.61. The van der Waals surface area contributed by atoms with Crippen LogP contribution in [0, 0.1) is 0 Å². The van der Waals surface area contributed by atoms with E-state index in [0.29, 0.717) is 13.1 Å². The van der Waals surface area contributed by atoms with Crippen molar-refractivity contribution in [1.29, 1.82) is 0 Å². The van der Waals surface area contributed by atoms with Crippen LogP contribution in [0.5, 0.6) is 0 Å². The van der Waals surface area contributed by atoms with Crippen LogP contribution in [0.2, 0.25) is 5.02 Å². The van der Waals surface area contributed by atoms with Crippen LogP contribution in [0.25, 0.3) is 10.8 Å². The summed E-state index contributed by atoms with van der Waals surface area (Å²) in [7, 11) is 0. The SMILES string of the molecule is O[C@@H](CNCc1cccc2cc(Cl)ccc12)c1ccccc1. The molecule has 0 heterocycles. The van der Waals surface area contributed by atoms with Gasteiger partial charge in [-0.05, 0) is 34.0 Å². The van der Waals surface area contributed by atoms with Crippen molar-refractivity contribution in [2.24, 2.45) is 0 Å². The van der Waals surface area contributed by atoms with Crippen molar-refractivity contribution in [3.05, 3.63) is 82.9 Å². The molecule has 0 bridgehead atoms.